The summed E-state index contributed by atoms with van der Waals surface area (Å²) in [5.74, 6) is 0. The summed E-state index contributed by atoms with van der Waals surface area (Å²) in [7, 11) is -1.23. The molecule has 1 spiro atoms. The van der Waals surface area contributed by atoms with Gasteiger partial charge in [0.25, 0.3) is 0 Å². The monoisotopic (exact) mass is 306 g/mol. The van der Waals surface area contributed by atoms with Crippen LogP contribution in [0.15, 0.2) is 36.0 Å². The van der Waals surface area contributed by atoms with Crippen LogP contribution in [0.1, 0.15) is 12.0 Å². The van der Waals surface area contributed by atoms with Crippen molar-refractivity contribution >= 4 is 15.7 Å². The van der Waals surface area contributed by atoms with Gasteiger partial charge in [0.2, 0.25) is 10.0 Å². The zero-order chi connectivity index (χ0) is 14.8. The number of fused-ring (bicyclic) bond motifs is 1. The van der Waals surface area contributed by atoms with Crippen molar-refractivity contribution in [2.45, 2.75) is 18.1 Å². The van der Waals surface area contributed by atoms with Crippen LogP contribution >= 0.6 is 0 Å². The van der Waals surface area contributed by atoms with Crippen molar-refractivity contribution in [1.82, 2.24) is 4.31 Å². The summed E-state index contributed by atoms with van der Waals surface area (Å²) in [6, 6.07) is 8.20. The van der Waals surface area contributed by atoms with Crippen LogP contribution in [0.3, 0.4) is 0 Å². The standard InChI is InChI=1S/C15H18N2O3S/c1-16-12-6-4-3-5-11(12)15-8-9-17(21(2,18)19)13(15)7-10-20-14(15)16/h3-7,14H,8-10H2,1-2H3/t14-,15+/m1/s1. The number of benzene rings is 1. The van der Waals surface area contributed by atoms with Crippen molar-refractivity contribution in [3.05, 3.63) is 41.6 Å². The maximum absolute atomic E-state index is 12.1. The minimum absolute atomic E-state index is 0.123. The first-order valence-electron chi connectivity index (χ1n) is 7.08. The molecule has 0 aliphatic carbocycles. The predicted molar refractivity (Wildman–Crippen MR) is 80.5 cm³/mol. The van der Waals surface area contributed by atoms with Crippen LogP contribution in [-0.2, 0) is 20.2 Å². The van der Waals surface area contributed by atoms with Crippen molar-refractivity contribution in [3.8, 4) is 0 Å². The molecule has 0 unspecified atom stereocenters. The second-order valence-corrected chi connectivity index (χ2v) is 7.87. The lowest BCUT2D eigenvalue weighted by Gasteiger charge is -2.39. The molecule has 0 bridgehead atoms. The first-order chi connectivity index (χ1) is 9.96. The van der Waals surface area contributed by atoms with E-state index in [-0.39, 0.29) is 11.6 Å². The van der Waals surface area contributed by atoms with Gasteiger partial charge in [-0.2, -0.15) is 0 Å². The van der Waals surface area contributed by atoms with E-state index in [0.717, 1.165) is 17.8 Å². The van der Waals surface area contributed by atoms with Crippen molar-refractivity contribution in [3.63, 3.8) is 0 Å². The van der Waals surface area contributed by atoms with Gasteiger partial charge in [-0.15, -0.1) is 0 Å². The summed E-state index contributed by atoms with van der Waals surface area (Å²) in [6.07, 6.45) is 3.85. The highest BCUT2D eigenvalue weighted by atomic mass is 32.2. The Morgan fingerprint density at radius 2 is 2.10 bits per heavy atom. The number of sulfonamides is 1. The molecule has 1 fully saturated rings. The molecule has 0 amide bonds. The summed E-state index contributed by atoms with van der Waals surface area (Å²) in [5.41, 5.74) is 2.84. The molecule has 0 radical (unpaired) electrons. The molecule has 6 heteroatoms. The number of para-hydroxylation sites is 1. The quantitative estimate of drug-likeness (QED) is 0.784. The number of rotatable bonds is 1. The van der Waals surface area contributed by atoms with Crippen molar-refractivity contribution in [2.24, 2.45) is 0 Å². The van der Waals surface area contributed by atoms with Crippen LogP contribution in [0.5, 0.6) is 0 Å². The molecule has 2 atom stereocenters. The molecule has 1 aromatic carbocycles. The molecule has 112 valence electrons. The molecule has 1 aromatic rings. The molecule has 3 heterocycles. The highest BCUT2D eigenvalue weighted by Gasteiger charge is 2.59. The van der Waals surface area contributed by atoms with Gasteiger partial charge in [-0.05, 0) is 24.1 Å². The summed E-state index contributed by atoms with van der Waals surface area (Å²) in [4.78, 5) is 2.13. The third kappa shape index (κ3) is 1.52. The topological polar surface area (TPSA) is 49.9 Å². The zero-order valence-corrected chi connectivity index (χ0v) is 12.9. The number of hydrogen-bond acceptors (Lipinski definition) is 4. The Morgan fingerprint density at radius 1 is 1.33 bits per heavy atom. The normalized spacial score (nSPS) is 30.8. The molecular weight excluding hydrogens is 288 g/mol. The number of ether oxygens (including phenoxy) is 1. The largest absolute Gasteiger partial charge is 0.353 e. The minimum Gasteiger partial charge on any atom is -0.353 e. The highest BCUT2D eigenvalue weighted by molar-refractivity contribution is 7.88. The Morgan fingerprint density at radius 3 is 2.86 bits per heavy atom. The Labute approximate surface area is 124 Å². The maximum atomic E-state index is 12.1. The smallest absolute Gasteiger partial charge is 0.232 e. The molecule has 21 heavy (non-hydrogen) atoms. The maximum Gasteiger partial charge on any atom is 0.232 e. The van der Waals surface area contributed by atoms with Gasteiger partial charge in [0.1, 0.15) is 6.23 Å². The Bertz CT molecular complexity index is 743. The molecule has 0 saturated carbocycles. The van der Waals surface area contributed by atoms with E-state index in [9.17, 15) is 8.42 Å². The van der Waals surface area contributed by atoms with E-state index >= 15 is 0 Å². The predicted octanol–water partition coefficient (Wildman–Crippen LogP) is 1.28. The third-order valence-corrected chi connectivity index (χ3v) is 6.08. The zero-order valence-electron chi connectivity index (χ0n) is 12.1. The van der Waals surface area contributed by atoms with E-state index in [1.165, 1.54) is 11.8 Å². The van der Waals surface area contributed by atoms with Gasteiger partial charge in [0.15, 0.2) is 0 Å². The van der Waals surface area contributed by atoms with Crippen LogP contribution in [0.25, 0.3) is 0 Å². The van der Waals surface area contributed by atoms with Gasteiger partial charge in [-0.25, -0.2) is 8.42 Å². The van der Waals surface area contributed by atoms with E-state index in [1.807, 2.05) is 25.3 Å². The average Bonchev–Trinajstić information content (AvgIpc) is 2.96. The molecular formula is C15H18N2O3S. The summed E-state index contributed by atoms with van der Waals surface area (Å²) < 4.78 is 31.7. The molecule has 0 aromatic heterocycles. The van der Waals surface area contributed by atoms with Crippen molar-refractivity contribution < 1.29 is 13.2 Å². The van der Waals surface area contributed by atoms with Gasteiger partial charge >= 0.3 is 0 Å². The van der Waals surface area contributed by atoms with Crippen LogP contribution in [0.4, 0.5) is 5.69 Å². The van der Waals surface area contributed by atoms with Gasteiger partial charge < -0.3 is 9.64 Å². The summed E-state index contributed by atoms with van der Waals surface area (Å²) >= 11 is 0. The first kappa shape index (κ1) is 13.2. The lowest BCUT2D eigenvalue weighted by atomic mass is 9.76. The lowest BCUT2D eigenvalue weighted by Crippen LogP contribution is -2.48. The number of hydrogen-bond donors (Lipinski definition) is 0. The minimum atomic E-state index is -3.25. The molecule has 3 aliphatic rings. The Kier molecular flexibility index (Phi) is 2.52. The van der Waals surface area contributed by atoms with E-state index in [4.69, 9.17) is 4.74 Å². The fourth-order valence-electron chi connectivity index (χ4n) is 4.12. The fraction of sp³-hybridized carbons (Fsp3) is 0.467. The van der Waals surface area contributed by atoms with Crippen LogP contribution < -0.4 is 4.90 Å². The number of anilines is 1. The van der Waals surface area contributed by atoms with Crippen LogP contribution in [0, 0.1) is 0 Å². The molecule has 4 rings (SSSR count). The van der Waals surface area contributed by atoms with Crippen molar-refractivity contribution in [2.75, 3.05) is 31.4 Å². The van der Waals surface area contributed by atoms with Gasteiger partial charge in [-0.3, -0.25) is 4.31 Å². The average molecular weight is 306 g/mol. The van der Waals surface area contributed by atoms with Gasteiger partial charge in [0.05, 0.1) is 18.3 Å². The number of likely N-dealkylation sites (N-methyl/N-ethyl adjacent to an activating group) is 1. The third-order valence-electron chi connectivity index (χ3n) is 4.90. The van der Waals surface area contributed by atoms with Gasteiger partial charge in [-0.1, -0.05) is 18.2 Å². The SMILES string of the molecule is CN1c2ccccc2[C@@]23CCN(S(C)(=O)=O)C2=CCO[C@@H]13. The van der Waals surface area contributed by atoms with Crippen LogP contribution in [0.2, 0.25) is 0 Å². The number of nitrogens with zero attached hydrogens (tertiary/aromatic N) is 2. The summed E-state index contributed by atoms with van der Waals surface area (Å²) in [6.45, 7) is 0.971. The Balaban J connectivity index is 1.96. The first-order valence-corrected chi connectivity index (χ1v) is 8.93. The fourth-order valence-corrected chi connectivity index (χ4v) is 5.14. The second kappa shape index (κ2) is 4.01. The van der Waals surface area contributed by atoms with E-state index < -0.39 is 10.0 Å². The molecule has 5 nitrogen and oxygen atoms in total. The van der Waals surface area contributed by atoms with E-state index in [0.29, 0.717) is 13.2 Å². The second-order valence-electron chi connectivity index (χ2n) is 5.96. The van der Waals surface area contributed by atoms with Crippen LogP contribution in [-0.4, -0.2) is 45.4 Å². The highest BCUT2D eigenvalue weighted by Crippen LogP contribution is 2.56. The van der Waals surface area contributed by atoms with E-state index in [2.05, 4.69) is 17.0 Å². The molecule has 0 N–H and O–H groups in total. The molecule has 3 aliphatic heterocycles. The van der Waals surface area contributed by atoms with Crippen molar-refractivity contribution in [1.29, 1.82) is 0 Å². The molecule has 1 saturated heterocycles. The summed E-state index contributed by atoms with van der Waals surface area (Å²) in [5, 5.41) is 0. The lowest BCUT2D eigenvalue weighted by molar-refractivity contribution is 0.0224. The Hall–Kier alpha value is -1.53. The van der Waals surface area contributed by atoms with E-state index in [1.54, 1.807) is 4.31 Å². The van der Waals surface area contributed by atoms with Gasteiger partial charge in [0, 0.05) is 25.0 Å².